The van der Waals surface area contributed by atoms with Gasteiger partial charge in [-0.1, -0.05) is 32.4 Å². The van der Waals surface area contributed by atoms with E-state index in [0.29, 0.717) is 24.7 Å². The van der Waals surface area contributed by atoms with E-state index < -0.39 is 20.7 Å². The first-order valence-corrected chi connectivity index (χ1v) is 19.5. The van der Waals surface area contributed by atoms with Crippen molar-refractivity contribution in [1.29, 1.82) is 0 Å². The summed E-state index contributed by atoms with van der Waals surface area (Å²) in [6, 6.07) is 0.0911. The minimum absolute atomic E-state index is 0.0745. The van der Waals surface area contributed by atoms with Gasteiger partial charge in [0.1, 0.15) is 6.17 Å². The summed E-state index contributed by atoms with van der Waals surface area (Å²) >= 11 is 12.8. The highest BCUT2D eigenvalue weighted by molar-refractivity contribution is 6.74. The molecule has 5 rings (SSSR count). The van der Waals surface area contributed by atoms with Crippen LogP contribution in [0.4, 0.5) is 4.39 Å². The van der Waals surface area contributed by atoms with Crippen LogP contribution in [0.1, 0.15) is 52.9 Å². The molecule has 0 amide bonds. The second-order valence-corrected chi connectivity index (χ2v) is 20.3. The van der Waals surface area contributed by atoms with E-state index in [0.717, 1.165) is 64.2 Å². The molecule has 0 aromatic rings. The molecule has 4 aliphatic heterocycles. The second kappa shape index (κ2) is 13.7. The number of rotatable bonds is 10. The molecule has 7 nitrogen and oxygen atoms in total. The zero-order valence-corrected chi connectivity index (χ0v) is 28.5. The summed E-state index contributed by atoms with van der Waals surface area (Å²) in [7, 11) is 4.81. The molecular formula is C30H50BCl2FN4O3Si. The van der Waals surface area contributed by atoms with Crippen molar-refractivity contribution in [1.82, 2.24) is 20.4 Å². The molecule has 0 bridgehead atoms. The van der Waals surface area contributed by atoms with Gasteiger partial charge in [0.25, 0.3) is 0 Å². The average molecular weight is 644 g/mol. The first-order valence-electron chi connectivity index (χ1n) is 15.8. The van der Waals surface area contributed by atoms with Crippen LogP contribution in [-0.2, 0) is 13.9 Å². The van der Waals surface area contributed by atoms with Gasteiger partial charge in [-0.3, -0.25) is 9.80 Å². The number of nitrogens with one attached hydrogen (secondary N) is 2. The Labute approximate surface area is 264 Å². The van der Waals surface area contributed by atoms with Gasteiger partial charge in [-0.15, -0.1) is 11.6 Å². The van der Waals surface area contributed by atoms with Gasteiger partial charge in [0, 0.05) is 55.8 Å². The molecule has 2 radical (unpaired) electrons. The maximum atomic E-state index is 14.5. The van der Waals surface area contributed by atoms with Gasteiger partial charge < -0.3 is 24.5 Å². The second-order valence-electron chi connectivity index (χ2n) is 14.4. The third-order valence-electron chi connectivity index (χ3n) is 10.3. The molecule has 2 saturated heterocycles. The smallest absolute Gasteiger partial charge is 0.192 e. The minimum atomic E-state index is -1.91. The highest BCUT2D eigenvalue weighted by atomic mass is 35.5. The van der Waals surface area contributed by atoms with Gasteiger partial charge in [0.2, 0.25) is 0 Å². The zero-order valence-electron chi connectivity index (χ0n) is 26.0. The quantitative estimate of drug-likeness (QED) is 0.265. The molecule has 1 saturated carbocycles. The molecule has 7 unspecified atom stereocenters. The molecule has 3 fully saturated rings. The average Bonchev–Trinajstić information content (AvgIpc) is 3.17. The summed E-state index contributed by atoms with van der Waals surface area (Å²) in [6.07, 6.45) is 4.97. The number of hydrogen-bond acceptors (Lipinski definition) is 7. The van der Waals surface area contributed by atoms with Crippen LogP contribution in [0.25, 0.3) is 0 Å². The van der Waals surface area contributed by atoms with Crippen LogP contribution in [0, 0.1) is 5.92 Å². The molecule has 236 valence electrons. The van der Waals surface area contributed by atoms with E-state index in [2.05, 4.69) is 54.3 Å². The zero-order chi connectivity index (χ0) is 30.2. The van der Waals surface area contributed by atoms with Crippen molar-refractivity contribution in [2.24, 2.45) is 5.92 Å². The van der Waals surface area contributed by atoms with E-state index in [1.807, 2.05) is 6.08 Å². The first-order chi connectivity index (χ1) is 19.8. The number of hydrogen-bond donors (Lipinski definition) is 2. The summed E-state index contributed by atoms with van der Waals surface area (Å²) in [6.45, 7) is 16.6. The fraction of sp³-hybridized carbons (Fsp3) is 0.867. The van der Waals surface area contributed by atoms with E-state index in [-0.39, 0.29) is 40.6 Å². The fourth-order valence-electron chi connectivity index (χ4n) is 6.32. The van der Waals surface area contributed by atoms with E-state index in [1.54, 1.807) is 0 Å². The molecule has 8 atom stereocenters. The normalized spacial score (nSPS) is 36.8. The van der Waals surface area contributed by atoms with E-state index >= 15 is 0 Å². The third-order valence-corrected chi connectivity index (χ3v) is 15.5. The van der Waals surface area contributed by atoms with Gasteiger partial charge in [-0.25, -0.2) is 4.39 Å². The lowest BCUT2D eigenvalue weighted by molar-refractivity contribution is -0.0771. The Balaban J connectivity index is 1.19. The van der Waals surface area contributed by atoms with Gasteiger partial charge in [-0.05, 0) is 67.8 Å². The van der Waals surface area contributed by atoms with Crippen LogP contribution in [0.2, 0.25) is 18.1 Å². The third kappa shape index (κ3) is 7.79. The Hall–Kier alpha value is -0.168. The van der Waals surface area contributed by atoms with Crippen LogP contribution in [0.3, 0.4) is 0 Å². The van der Waals surface area contributed by atoms with Crippen molar-refractivity contribution in [2.75, 3.05) is 46.0 Å². The van der Waals surface area contributed by atoms with Crippen LogP contribution in [0.15, 0.2) is 22.4 Å². The number of halogens is 3. The summed E-state index contributed by atoms with van der Waals surface area (Å²) in [4.78, 5) is 4.96. The Bertz CT molecular complexity index is 1010. The monoisotopic (exact) mass is 642 g/mol. The number of dihydropyridines is 1. The SMILES string of the molecule is [B]C1NC(CN2CCC3=C(C2)NC(OCC2CCC(Cl)CC2F)C(Cl)=C3)N(C[C@@H]2CCO2)C1CO[Si](C)(C)C(C)(C)C. The van der Waals surface area contributed by atoms with Crippen LogP contribution in [-0.4, -0.2) is 114 Å². The van der Waals surface area contributed by atoms with E-state index in [9.17, 15) is 4.39 Å². The molecule has 0 spiro atoms. The Morgan fingerprint density at radius 2 is 1.95 bits per heavy atom. The molecule has 5 aliphatic rings. The first kappa shape index (κ1) is 33.2. The summed E-state index contributed by atoms with van der Waals surface area (Å²) < 4.78 is 33.2. The van der Waals surface area contributed by atoms with Gasteiger partial charge >= 0.3 is 0 Å². The number of ether oxygens (including phenoxy) is 2. The fourth-order valence-corrected chi connectivity index (χ4v) is 7.89. The number of allylic oxidation sites excluding steroid dienone is 1. The van der Waals surface area contributed by atoms with Crippen LogP contribution >= 0.6 is 23.2 Å². The predicted octanol–water partition coefficient (Wildman–Crippen LogP) is 4.67. The topological polar surface area (TPSA) is 58.2 Å². The predicted molar refractivity (Wildman–Crippen MR) is 171 cm³/mol. The largest absolute Gasteiger partial charge is 0.415 e. The van der Waals surface area contributed by atoms with Crippen molar-refractivity contribution in [3.63, 3.8) is 0 Å². The Morgan fingerprint density at radius 1 is 1.19 bits per heavy atom. The van der Waals surface area contributed by atoms with Crippen molar-refractivity contribution >= 4 is 39.4 Å². The lowest BCUT2D eigenvalue weighted by atomic mass is 9.88. The van der Waals surface area contributed by atoms with Crippen molar-refractivity contribution in [2.45, 2.75) is 113 Å². The molecular weight excluding hydrogens is 593 g/mol. The Kier molecular flexibility index (Phi) is 10.8. The molecule has 1 aliphatic carbocycles. The molecule has 12 heteroatoms. The molecule has 0 aromatic heterocycles. The maximum Gasteiger partial charge on any atom is 0.192 e. The lowest BCUT2D eigenvalue weighted by Gasteiger charge is -2.41. The Morgan fingerprint density at radius 3 is 2.62 bits per heavy atom. The summed E-state index contributed by atoms with van der Waals surface area (Å²) in [5, 5.41) is 7.91. The number of nitrogens with zero attached hydrogens (tertiary/aromatic N) is 2. The molecule has 4 heterocycles. The molecule has 2 N–H and O–H groups in total. The van der Waals surface area contributed by atoms with Gasteiger partial charge in [0.05, 0.1) is 38.4 Å². The highest BCUT2D eigenvalue weighted by Crippen LogP contribution is 2.37. The number of alkyl halides is 2. The standard InChI is InChI=1S/C30H50BCl2FN4O3Si/c1-30(2,3)42(4,5)41-18-26-28(31)36-27(38(26)14-22-9-11-39-22)16-37-10-8-19-12-23(33)29(35-25(19)15-37)40-17-20-6-7-21(32)13-24(20)34/h12,20-22,24,26-29,35-36H,6-11,13-18H2,1-5H3/t20?,21?,22-,24?,26?,27?,28?,29?/m0/s1. The highest BCUT2D eigenvalue weighted by Gasteiger charge is 2.44. The van der Waals surface area contributed by atoms with Crippen LogP contribution in [0.5, 0.6) is 0 Å². The lowest BCUT2D eigenvalue weighted by Crippen LogP contribution is -2.54. The maximum absolute atomic E-state index is 14.5. The summed E-state index contributed by atoms with van der Waals surface area (Å²) in [5.41, 5.74) is 2.35. The van der Waals surface area contributed by atoms with Crippen molar-refractivity contribution < 1.29 is 18.3 Å². The van der Waals surface area contributed by atoms with Crippen LogP contribution < -0.4 is 10.6 Å². The van der Waals surface area contributed by atoms with E-state index in [1.165, 1.54) is 5.57 Å². The minimum Gasteiger partial charge on any atom is -0.415 e. The molecule has 42 heavy (non-hydrogen) atoms. The summed E-state index contributed by atoms with van der Waals surface area (Å²) in [5.74, 6) is -0.304. The van der Waals surface area contributed by atoms with Gasteiger partial charge in [0.15, 0.2) is 14.5 Å². The van der Waals surface area contributed by atoms with Gasteiger partial charge in [-0.2, -0.15) is 0 Å². The molecule has 0 aromatic carbocycles. The van der Waals surface area contributed by atoms with Crippen molar-refractivity contribution in [3.8, 4) is 0 Å². The van der Waals surface area contributed by atoms with E-state index in [4.69, 9.17) is 44.9 Å². The van der Waals surface area contributed by atoms with Crippen molar-refractivity contribution in [3.05, 3.63) is 22.4 Å².